The fourth-order valence-corrected chi connectivity index (χ4v) is 1.76. The van der Waals surface area contributed by atoms with Gasteiger partial charge in [0.25, 0.3) is 5.91 Å². The van der Waals surface area contributed by atoms with E-state index in [1.807, 2.05) is 19.1 Å². The summed E-state index contributed by atoms with van der Waals surface area (Å²) in [6.07, 6.45) is 0. The van der Waals surface area contributed by atoms with Crippen LogP contribution in [0.2, 0.25) is 5.02 Å². The van der Waals surface area contributed by atoms with Crippen molar-refractivity contribution in [2.75, 3.05) is 7.05 Å². The number of aromatic nitrogens is 2. The fraction of sp³-hybridized carbons (Fsp3) is 0.167. The highest BCUT2D eigenvalue weighted by molar-refractivity contribution is 6.30. The van der Waals surface area contributed by atoms with E-state index in [4.69, 9.17) is 11.6 Å². The molecule has 1 amide bonds. The van der Waals surface area contributed by atoms with Crippen molar-refractivity contribution in [3.05, 3.63) is 40.5 Å². The van der Waals surface area contributed by atoms with Gasteiger partial charge >= 0.3 is 0 Å². The van der Waals surface area contributed by atoms with Crippen LogP contribution in [-0.4, -0.2) is 23.2 Å². The maximum atomic E-state index is 11.5. The van der Waals surface area contributed by atoms with E-state index in [-0.39, 0.29) is 5.91 Å². The lowest BCUT2D eigenvalue weighted by Gasteiger charge is -2.00. The summed E-state index contributed by atoms with van der Waals surface area (Å²) in [6.45, 7) is 1.86. The van der Waals surface area contributed by atoms with E-state index in [1.54, 1.807) is 19.2 Å². The SMILES string of the molecule is CNC(=O)c1[nH]nc(-c2ccc(Cl)cc2)c1C. The van der Waals surface area contributed by atoms with Crippen LogP contribution < -0.4 is 5.32 Å². The third-order valence-corrected chi connectivity index (χ3v) is 2.83. The van der Waals surface area contributed by atoms with Gasteiger partial charge < -0.3 is 5.32 Å². The van der Waals surface area contributed by atoms with Crippen LogP contribution in [-0.2, 0) is 0 Å². The van der Waals surface area contributed by atoms with Crippen molar-refractivity contribution in [2.45, 2.75) is 6.92 Å². The Balaban J connectivity index is 2.44. The first kappa shape index (κ1) is 11.7. The molecule has 0 saturated carbocycles. The van der Waals surface area contributed by atoms with E-state index < -0.39 is 0 Å². The summed E-state index contributed by atoms with van der Waals surface area (Å²) in [6, 6.07) is 7.34. The molecule has 17 heavy (non-hydrogen) atoms. The predicted molar refractivity (Wildman–Crippen MR) is 67.2 cm³/mol. The molecule has 2 aromatic rings. The second-order valence-corrected chi connectivity index (χ2v) is 4.09. The van der Waals surface area contributed by atoms with Crippen molar-refractivity contribution in [3.8, 4) is 11.3 Å². The Morgan fingerprint density at radius 2 is 2.00 bits per heavy atom. The molecule has 2 rings (SSSR count). The van der Waals surface area contributed by atoms with Gasteiger partial charge in [-0.3, -0.25) is 9.89 Å². The zero-order valence-corrected chi connectivity index (χ0v) is 10.3. The number of rotatable bonds is 2. The number of amides is 1. The van der Waals surface area contributed by atoms with Crippen molar-refractivity contribution < 1.29 is 4.79 Å². The first-order valence-electron chi connectivity index (χ1n) is 5.16. The Morgan fingerprint density at radius 3 is 2.59 bits per heavy atom. The Kier molecular flexibility index (Phi) is 3.15. The number of aromatic amines is 1. The lowest BCUT2D eigenvalue weighted by Crippen LogP contribution is -2.19. The average Bonchev–Trinajstić information content (AvgIpc) is 2.71. The topological polar surface area (TPSA) is 57.8 Å². The van der Waals surface area contributed by atoms with Crippen LogP contribution in [0, 0.1) is 6.92 Å². The molecule has 1 heterocycles. The van der Waals surface area contributed by atoms with Crippen LogP contribution in [0.4, 0.5) is 0 Å². The highest BCUT2D eigenvalue weighted by Crippen LogP contribution is 2.24. The molecule has 0 radical (unpaired) electrons. The number of nitrogens with zero attached hydrogens (tertiary/aromatic N) is 1. The zero-order chi connectivity index (χ0) is 12.4. The van der Waals surface area contributed by atoms with E-state index >= 15 is 0 Å². The van der Waals surface area contributed by atoms with E-state index in [0.29, 0.717) is 10.7 Å². The molecule has 0 bridgehead atoms. The van der Waals surface area contributed by atoms with Gasteiger partial charge in [-0.25, -0.2) is 0 Å². The van der Waals surface area contributed by atoms with E-state index in [9.17, 15) is 4.79 Å². The van der Waals surface area contributed by atoms with Crippen LogP contribution in [0.1, 0.15) is 16.1 Å². The highest BCUT2D eigenvalue weighted by Gasteiger charge is 2.15. The predicted octanol–water partition coefficient (Wildman–Crippen LogP) is 2.40. The fourth-order valence-electron chi connectivity index (χ4n) is 1.63. The quantitative estimate of drug-likeness (QED) is 0.859. The average molecular weight is 250 g/mol. The summed E-state index contributed by atoms with van der Waals surface area (Å²) in [5, 5.41) is 10.1. The molecular formula is C12H12ClN3O. The molecule has 88 valence electrons. The maximum absolute atomic E-state index is 11.5. The van der Waals surface area contributed by atoms with Crippen molar-refractivity contribution in [3.63, 3.8) is 0 Å². The Morgan fingerprint density at radius 1 is 1.35 bits per heavy atom. The third kappa shape index (κ3) is 2.17. The normalized spacial score (nSPS) is 10.3. The minimum Gasteiger partial charge on any atom is -0.354 e. The van der Waals surface area contributed by atoms with Crippen molar-refractivity contribution in [1.82, 2.24) is 15.5 Å². The lowest BCUT2D eigenvalue weighted by molar-refractivity contribution is 0.0957. The van der Waals surface area contributed by atoms with Gasteiger partial charge in [0.2, 0.25) is 0 Å². The number of nitrogens with one attached hydrogen (secondary N) is 2. The van der Waals surface area contributed by atoms with Gasteiger partial charge in [0.15, 0.2) is 0 Å². The Labute approximate surface area is 104 Å². The number of hydrogen-bond donors (Lipinski definition) is 2. The molecule has 2 N–H and O–H groups in total. The molecule has 0 aliphatic carbocycles. The molecule has 0 fully saturated rings. The second-order valence-electron chi connectivity index (χ2n) is 3.66. The standard InChI is InChI=1S/C12H12ClN3O/c1-7-10(8-3-5-9(13)6-4-8)15-16-11(7)12(17)14-2/h3-6H,1-2H3,(H,14,17)(H,15,16). The summed E-state index contributed by atoms with van der Waals surface area (Å²) in [5.41, 5.74) is 3.00. The monoisotopic (exact) mass is 249 g/mol. The molecule has 0 aliphatic heterocycles. The van der Waals surface area contributed by atoms with Crippen molar-refractivity contribution >= 4 is 17.5 Å². The molecule has 0 aliphatic rings. The van der Waals surface area contributed by atoms with Crippen molar-refractivity contribution in [1.29, 1.82) is 0 Å². The van der Waals surface area contributed by atoms with Crippen LogP contribution in [0.3, 0.4) is 0 Å². The van der Waals surface area contributed by atoms with Crippen LogP contribution >= 0.6 is 11.6 Å². The van der Waals surface area contributed by atoms with E-state index in [0.717, 1.165) is 16.8 Å². The van der Waals surface area contributed by atoms with Crippen LogP contribution in [0.25, 0.3) is 11.3 Å². The molecule has 0 spiro atoms. The summed E-state index contributed by atoms with van der Waals surface area (Å²) in [7, 11) is 1.59. The number of hydrogen-bond acceptors (Lipinski definition) is 2. The minimum atomic E-state index is -0.171. The first-order chi connectivity index (χ1) is 8.13. The third-order valence-electron chi connectivity index (χ3n) is 2.58. The zero-order valence-electron chi connectivity index (χ0n) is 9.54. The van der Waals surface area contributed by atoms with Gasteiger partial charge in [-0.15, -0.1) is 0 Å². The van der Waals surface area contributed by atoms with Gasteiger partial charge in [0.1, 0.15) is 5.69 Å². The molecule has 1 aromatic carbocycles. The molecular weight excluding hydrogens is 238 g/mol. The van der Waals surface area contributed by atoms with Crippen molar-refractivity contribution in [2.24, 2.45) is 0 Å². The Bertz CT molecular complexity index is 545. The molecule has 0 atom stereocenters. The smallest absolute Gasteiger partial charge is 0.269 e. The molecule has 0 saturated heterocycles. The molecule has 5 heteroatoms. The summed E-state index contributed by atoms with van der Waals surface area (Å²) in [5.74, 6) is -0.171. The van der Waals surface area contributed by atoms with Gasteiger partial charge in [-0.05, 0) is 19.1 Å². The maximum Gasteiger partial charge on any atom is 0.269 e. The second kappa shape index (κ2) is 4.59. The highest BCUT2D eigenvalue weighted by atomic mass is 35.5. The minimum absolute atomic E-state index is 0.171. The van der Waals surface area contributed by atoms with E-state index in [1.165, 1.54) is 0 Å². The largest absolute Gasteiger partial charge is 0.354 e. The van der Waals surface area contributed by atoms with E-state index in [2.05, 4.69) is 15.5 Å². The van der Waals surface area contributed by atoms with Gasteiger partial charge in [-0.1, -0.05) is 23.7 Å². The van der Waals surface area contributed by atoms with Gasteiger partial charge in [0, 0.05) is 23.2 Å². The van der Waals surface area contributed by atoms with Gasteiger partial charge in [0.05, 0.1) is 5.69 Å². The molecule has 0 unspecified atom stereocenters. The summed E-state index contributed by atoms with van der Waals surface area (Å²) in [4.78, 5) is 11.5. The Hall–Kier alpha value is -1.81. The van der Waals surface area contributed by atoms with Crippen LogP contribution in [0.5, 0.6) is 0 Å². The number of halogens is 1. The number of H-pyrrole nitrogens is 1. The number of benzene rings is 1. The first-order valence-corrected chi connectivity index (χ1v) is 5.54. The number of carbonyl (C=O) groups excluding carboxylic acids is 1. The molecule has 1 aromatic heterocycles. The molecule has 4 nitrogen and oxygen atoms in total. The lowest BCUT2D eigenvalue weighted by atomic mass is 10.1. The van der Waals surface area contributed by atoms with Crippen LogP contribution in [0.15, 0.2) is 24.3 Å². The number of carbonyl (C=O) groups is 1. The van der Waals surface area contributed by atoms with Gasteiger partial charge in [-0.2, -0.15) is 5.10 Å². The summed E-state index contributed by atoms with van der Waals surface area (Å²) < 4.78 is 0. The summed E-state index contributed by atoms with van der Waals surface area (Å²) >= 11 is 5.82.